The van der Waals surface area contributed by atoms with E-state index in [1.165, 1.54) is 31.2 Å². The molecule has 2 N–H and O–H groups in total. The fraction of sp³-hybridized carbons (Fsp3) is 0.300. The SMILES string of the molecule is CCCC(O)(c1ccccc1-c1nc2cc(C#N)c(C(F)(F)F)cc2[nH]1)C(F)(F)F. The number of hydrogen-bond donors (Lipinski definition) is 2. The fourth-order valence-corrected chi connectivity index (χ4v) is 3.35. The molecular formula is C20H15F6N3O. The lowest BCUT2D eigenvalue weighted by atomic mass is 9.85. The summed E-state index contributed by atoms with van der Waals surface area (Å²) in [4.78, 5) is 6.66. The number of rotatable bonds is 4. The van der Waals surface area contributed by atoms with Crippen molar-refractivity contribution in [3.8, 4) is 17.5 Å². The number of fused-ring (bicyclic) bond motifs is 1. The van der Waals surface area contributed by atoms with Crippen LogP contribution < -0.4 is 0 Å². The zero-order valence-electron chi connectivity index (χ0n) is 15.5. The summed E-state index contributed by atoms with van der Waals surface area (Å²) in [6.45, 7) is 1.49. The topological polar surface area (TPSA) is 72.7 Å². The minimum atomic E-state index is -4.98. The Morgan fingerprint density at radius 1 is 1.07 bits per heavy atom. The predicted molar refractivity (Wildman–Crippen MR) is 96.1 cm³/mol. The van der Waals surface area contributed by atoms with E-state index in [1.54, 1.807) is 0 Å². The molecule has 0 aliphatic rings. The van der Waals surface area contributed by atoms with E-state index in [-0.39, 0.29) is 28.8 Å². The molecule has 0 spiro atoms. The highest BCUT2D eigenvalue weighted by Crippen LogP contribution is 2.45. The molecule has 3 rings (SSSR count). The molecule has 0 fully saturated rings. The van der Waals surface area contributed by atoms with Gasteiger partial charge in [-0.15, -0.1) is 0 Å². The highest BCUT2D eigenvalue weighted by Gasteiger charge is 2.55. The number of nitriles is 1. The molecule has 0 saturated heterocycles. The number of aromatic amines is 1. The van der Waals surface area contributed by atoms with Crippen molar-refractivity contribution >= 4 is 11.0 Å². The molecular weight excluding hydrogens is 412 g/mol. The van der Waals surface area contributed by atoms with Crippen LogP contribution in [0.3, 0.4) is 0 Å². The number of nitrogens with zero attached hydrogens (tertiary/aromatic N) is 2. The van der Waals surface area contributed by atoms with Crippen molar-refractivity contribution in [1.29, 1.82) is 5.26 Å². The highest BCUT2D eigenvalue weighted by atomic mass is 19.4. The Balaban J connectivity index is 2.24. The smallest absolute Gasteiger partial charge is 0.376 e. The number of benzene rings is 2. The van der Waals surface area contributed by atoms with Crippen LogP contribution in [0.5, 0.6) is 0 Å². The average molecular weight is 427 g/mol. The molecule has 10 heteroatoms. The van der Waals surface area contributed by atoms with Gasteiger partial charge in [0.15, 0.2) is 5.60 Å². The Bertz CT molecular complexity index is 1130. The first-order valence-electron chi connectivity index (χ1n) is 8.82. The second-order valence-electron chi connectivity index (χ2n) is 6.76. The van der Waals surface area contributed by atoms with Crippen LogP contribution in [-0.4, -0.2) is 21.3 Å². The van der Waals surface area contributed by atoms with Crippen LogP contribution in [0.15, 0.2) is 36.4 Å². The summed E-state index contributed by atoms with van der Waals surface area (Å²) in [6.07, 6.45) is -10.3. The first-order valence-corrected chi connectivity index (χ1v) is 8.82. The molecule has 3 aromatic rings. The highest BCUT2D eigenvalue weighted by molar-refractivity contribution is 5.82. The molecule has 0 amide bonds. The molecule has 1 atom stereocenters. The van der Waals surface area contributed by atoms with Crippen LogP contribution in [-0.2, 0) is 11.8 Å². The Morgan fingerprint density at radius 3 is 2.30 bits per heavy atom. The van der Waals surface area contributed by atoms with Crippen LogP contribution in [0.4, 0.5) is 26.3 Å². The summed E-state index contributed by atoms with van der Waals surface area (Å²) >= 11 is 0. The maximum atomic E-state index is 13.7. The lowest BCUT2D eigenvalue weighted by Crippen LogP contribution is -2.42. The molecule has 0 saturated carbocycles. The standard InChI is InChI=1S/C20H15F6N3O/c1-2-7-18(30,20(24,25)26)13-6-4-3-5-12(13)17-28-15-8-11(10-27)14(19(21,22)23)9-16(15)29-17/h3-6,8-9,30H,2,7H2,1H3,(H,28,29). The first kappa shape index (κ1) is 21.6. The van der Waals surface area contributed by atoms with Crippen molar-refractivity contribution in [3.63, 3.8) is 0 Å². The van der Waals surface area contributed by atoms with E-state index in [4.69, 9.17) is 5.26 Å². The van der Waals surface area contributed by atoms with E-state index in [2.05, 4.69) is 9.97 Å². The molecule has 1 heterocycles. The number of aliphatic hydroxyl groups is 1. The molecule has 0 radical (unpaired) electrons. The molecule has 158 valence electrons. The average Bonchev–Trinajstić information content (AvgIpc) is 3.08. The second kappa shape index (κ2) is 7.32. The van der Waals surface area contributed by atoms with Crippen molar-refractivity contribution in [2.24, 2.45) is 0 Å². The minimum absolute atomic E-state index is 0.0182. The molecule has 1 unspecified atom stereocenters. The molecule has 2 aromatic carbocycles. The van der Waals surface area contributed by atoms with E-state index in [9.17, 15) is 31.4 Å². The van der Waals surface area contributed by atoms with Gasteiger partial charge in [0.2, 0.25) is 0 Å². The van der Waals surface area contributed by atoms with Gasteiger partial charge in [0.05, 0.1) is 28.2 Å². The van der Waals surface area contributed by atoms with E-state index < -0.39 is 41.1 Å². The third-order valence-electron chi connectivity index (χ3n) is 4.76. The van der Waals surface area contributed by atoms with Gasteiger partial charge < -0.3 is 10.1 Å². The van der Waals surface area contributed by atoms with Crippen LogP contribution in [0.1, 0.15) is 36.5 Å². The van der Waals surface area contributed by atoms with Crippen LogP contribution in [0.2, 0.25) is 0 Å². The lowest BCUT2D eigenvalue weighted by Gasteiger charge is -2.32. The van der Waals surface area contributed by atoms with Crippen LogP contribution in [0.25, 0.3) is 22.4 Å². The summed E-state index contributed by atoms with van der Waals surface area (Å²) in [5.41, 5.74) is -5.68. The molecule has 1 aromatic heterocycles. The van der Waals surface area contributed by atoms with E-state index in [0.717, 1.165) is 12.1 Å². The number of H-pyrrole nitrogens is 1. The zero-order chi connectivity index (χ0) is 22.3. The number of aromatic nitrogens is 2. The van der Waals surface area contributed by atoms with Gasteiger partial charge in [-0.05, 0) is 18.6 Å². The van der Waals surface area contributed by atoms with Gasteiger partial charge in [-0.2, -0.15) is 31.6 Å². The van der Waals surface area contributed by atoms with Crippen molar-refractivity contribution in [2.75, 3.05) is 0 Å². The zero-order valence-corrected chi connectivity index (χ0v) is 15.5. The lowest BCUT2D eigenvalue weighted by molar-refractivity contribution is -0.269. The molecule has 0 bridgehead atoms. The third-order valence-corrected chi connectivity index (χ3v) is 4.76. The van der Waals surface area contributed by atoms with E-state index >= 15 is 0 Å². The normalized spacial score (nSPS) is 14.5. The van der Waals surface area contributed by atoms with Crippen LogP contribution in [0, 0.1) is 11.3 Å². The van der Waals surface area contributed by atoms with Gasteiger partial charge in [0.25, 0.3) is 0 Å². The summed E-state index contributed by atoms with van der Waals surface area (Å²) < 4.78 is 80.7. The number of nitrogens with one attached hydrogen (secondary N) is 1. The second-order valence-corrected chi connectivity index (χ2v) is 6.76. The molecule has 30 heavy (non-hydrogen) atoms. The Labute approximate surface area is 166 Å². The van der Waals surface area contributed by atoms with E-state index in [0.29, 0.717) is 6.07 Å². The Morgan fingerprint density at radius 2 is 1.73 bits per heavy atom. The monoisotopic (exact) mass is 427 g/mol. The Kier molecular flexibility index (Phi) is 5.28. The number of halogens is 6. The molecule has 0 aliphatic carbocycles. The third kappa shape index (κ3) is 3.61. The van der Waals surface area contributed by atoms with Gasteiger partial charge >= 0.3 is 12.4 Å². The van der Waals surface area contributed by atoms with Crippen molar-refractivity contribution in [2.45, 2.75) is 37.7 Å². The molecule has 0 aliphatic heterocycles. The summed E-state index contributed by atoms with van der Waals surface area (Å²) in [5, 5.41) is 19.5. The van der Waals surface area contributed by atoms with Gasteiger partial charge in [-0.25, -0.2) is 4.98 Å². The minimum Gasteiger partial charge on any atom is -0.376 e. The van der Waals surface area contributed by atoms with Gasteiger partial charge in [-0.1, -0.05) is 37.6 Å². The van der Waals surface area contributed by atoms with Crippen molar-refractivity contribution in [1.82, 2.24) is 9.97 Å². The Hall–Kier alpha value is -3.06. The number of imidazole rings is 1. The first-order chi connectivity index (χ1) is 13.9. The van der Waals surface area contributed by atoms with Gasteiger partial charge in [-0.3, -0.25) is 0 Å². The number of alkyl halides is 6. The maximum Gasteiger partial charge on any atom is 0.421 e. The summed E-state index contributed by atoms with van der Waals surface area (Å²) in [6, 6.07) is 8.20. The fourth-order valence-electron chi connectivity index (χ4n) is 3.35. The van der Waals surface area contributed by atoms with Gasteiger partial charge in [0.1, 0.15) is 5.82 Å². The molecule has 4 nitrogen and oxygen atoms in total. The van der Waals surface area contributed by atoms with Crippen molar-refractivity contribution < 1.29 is 31.4 Å². The summed E-state index contributed by atoms with van der Waals surface area (Å²) in [5.74, 6) is -0.150. The van der Waals surface area contributed by atoms with Crippen LogP contribution >= 0.6 is 0 Å². The summed E-state index contributed by atoms with van der Waals surface area (Å²) in [7, 11) is 0. The van der Waals surface area contributed by atoms with E-state index in [1.807, 2.05) is 0 Å². The quantitative estimate of drug-likeness (QED) is 0.527. The predicted octanol–water partition coefficient (Wildman–Crippen LogP) is 5.67. The van der Waals surface area contributed by atoms with Crippen molar-refractivity contribution in [3.05, 3.63) is 53.1 Å². The van der Waals surface area contributed by atoms with Gasteiger partial charge in [0, 0.05) is 11.1 Å². The largest absolute Gasteiger partial charge is 0.421 e. The number of hydrogen-bond acceptors (Lipinski definition) is 3. The maximum absolute atomic E-state index is 13.7.